The summed E-state index contributed by atoms with van der Waals surface area (Å²) < 4.78 is 0. The highest BCUT2D eigenvalue weighted by atomic mass is 16.3. The third kappa shape index (κ3) is 4.55. The number of carbonyl (C=O) groups excluding carboxylic acids is 1. The Morgan fingerprint density at radius 2 is 2.19 bits per heavy atom. The second-order valence-electron chi connectivity index (χ2n) is 6.34. The Hall–Kier alpha value is -0.870. The fourth-order valence-electron chi connectivity index (χ4n) is 3.63. The molecule has 2 aliphatic heterocycles. The normalized spacial score (nSPS) is 27.3. The summed E-state index contributed by atoms with van der Waals surface area (Å²) in [5, 5.41) is 9.01. The molecule has 0 aromatic rings. The van der Waals surface area contributed by atoms with Gasteiger partial charge in [0.15, 0.2) is 0 Å². The summed E-state index contributed by atoms with van der Waals surface area (Å²) in [5.41, 5.74) is 0. The van der Waals surface area contributed by atoms with E-state index in [2.05, 4.69) is 28.9 Å². The molecule has 0 aliphatic carbocycles. The molecule has 0 unspecified atom stereocenters. The number of nitrogens with zero attached hydrogens (tertiary/aromatic N) is 2. The average molecular weight is 294 g/mol. The zero-order chi connectivity index (χ0) is 15.1. The van der Waals surface area contributed by atoms with Crippen molar-refractivity contribution < 1.29 is 9.90 Å². The van der Waals surface area contributed by atoms with Crippen molar-refractivity contribution in [1.29, 1.82) is 0 Å². The summed E-state index contributed by atoms with van der Waals surface area (Å²) in [6, 6.07) is 0.411. The molecular weight excluding hydrogens is 264 g/mol. The van der Waals surface area contributed by atoms with Crippen LogP contribution in [0, 0.1) is 5.92 Å². The Kier molecular flexibility index (Phi) is 6.71. The number of hydrogen-bond donors (Lipinski definition) is 1. The first-order valence-electron chi connectivity index (χ1n) is 8.54. The standard InChI is InChI=1S/C17H30N2O2/c1-2-3-4-5-10-18-12-9-16-15(14-18)7-8-17(21)19(16)11-6-13-20/h4-5,15-16,20H,2-3,6-14H2,1H3/b5-4+/t15-,16+/m0/s1. The number of fused-ring (bicyclic) bond motifs is 1. The van der Waals surface area contributed by atoms with Crippen molar-refractivity contribution in [3.05, 3.63) is 12.2 Å². The number of hydrogen-bond acceptors (Lipinski definition) is 3. The topological polar surface area (TPSA) is 43.8 Å². The summed E-state index contributed by atoms with van der Waals surface area (Å²) in [6.45, 7) is 6.36. The molecule has 2 rings (SSSR count). The number of rotatable bonds is 7. The molecule has 2 fully saturated rings. The van der Waals surface area contributed by atoms with Gasteiger partial charge in [0, 0.05) is 45.2 Å². The van der Waals surface area contributed by atoms with Gasteiger partial charge in [0.2, 0.25) is 5.91 Å². The lowest BCUT2D eigenvalue weighted by Crippen LogP contribution is -2.56. The quantitative estimate of drug-likeness (QED) is 0.731. The number of unbranched alkanes of at least 4 members (excludes halogenated alkanes) is 1. The summed E-state index contributed by atoms with van der Waals surface area (Å²) >= 11 is 0. The van der Waals surface area contributed by atoms with Crippen LogP contribution < -0.4 is 0 Å². The van der Waals surface area contributed by atoms with Crippen LogP contribution in [-0.4, -0.2) is 59.6 Å². The largest absolute Gasteiger partial charge is 0.396 e. The lowest BCUT2D eigenvalue weighted by atomic mass is 9.83. The number of carbonyl (C=O) groups is 1. The van der Waals surface area contributed by atoms with Gasteiger partial charge in [-0.15, -0.1) is 0 Å². The molecule has 2 atom stereocenters. The van der Waals surface area contributed by atoms with E-state index < -0.39 is 0 Å². The smallest absolute Gasteiger partial charge is 0.222 e. The van der Waals surface area contributed by atoms with E-state index in [9.17, 15) is 4.79 Å². The fraction of sp³-hybridized carbons (Fsp3) is 0.824. The van der Waals surface area contributed by atoms with Crippen LogP contribution in [0.25, 0.3) is 0 Å². The number of aliphatic hydroxyl groups is 1. The lowest BCUT2D eigenvalue weighted by molar-refractivity contribution is -0.141. The average Bonchev–Trinajstić information content (AvgIpc) is 2.51. The molecule has 0 aromatic heterocycles. The number of amides is 1. The van der Waals surface area contributed by atoms with Crippen molar-refractivity contribution in [2.75, 3.05) is 32.8 Å². The van der Waals surface area contributed by atoms with Gasteiger partial charge in [-0.05, 0) is 31.6 Å². The van der Waals surface area contributed by atoms with E-state index in [1.165, 1.54) is 12.8 Å². The fourth-order valence-corrected chi connectivity index (χ4v) is 3.63. The van der Waals surface area contributed by atoms with Crippen molar-refractivity contribution in [3.8, 4) is 0 Å². The third-order valence-corrected chi connectivity index (χ3v) is 4.77. The van der Waals surface area contributed by atoms with E-state index in [0.717, 1.165) is 39.0 Å². The molecule has 2 heterocycles. The maximum Gasteiger partial charge on any atom is 0.222 e. The number of aliphatic hydroxyl groups excluding tert-OH is 1. The summed E-state index contributed by atoms with van der Waals surface area (Å²) in [6.07, 6.45) is 10.5. The molecule has 0 saturated carbocycles. The molecule has 21 heavy (non-hydrogen) atoms. The molecule has 1 amide bonds. The zero-order valence-corrected chi connectivity index (χ0v) is 13.3. The predicted octanol–water partition coefficient (Wildman–Crippen LogP) is 2.04. The molecule has 2 saturated heterocycles. The second kappa shape index (κ2) is 8.54. The molecular formula is C17H30N2O2. The minimum Gasteiger partial charge on any atom is -0.396 e. The van der Waals surface area contributed by atoms with Gasteiger partial charge in [0.05, 0.1) is 0 Å². The van der Waals surface area contributed by atoms with Gasteiger partial charge >= 0.3 is 0 Å². The molecule has 4 nitrogen and oxygen atoms in total. The SMILES string of the molecule is CCC/C=C/CN1CC[C@@H]2[C@@H](CCC(=O)N2CCCO)C1. The highest BCUT2D eigenvalue weighted by Crippen LogP contribution is 2.31. The van der Waals surface area contributed by atoms with E-state index in [-0.39, 0.29) is 6.61 Å². The van der Waals surface area contributed by atoms with Crippen molar-refractivity contribution in [2.24, 2.45) is 5.92 Å². The predicted molar refractivity (Wildman–Crippen MR) is 85.0 cm³/mol. The Morgan fingerprint density at radius 3 is 2.95 bits per heavy atom. The van der Waals surface area contributed by atoms with E-state index in [1.807, 2.05) is 0 Å². The molecule has 0 bridgehead atoms. The summed E-state index contributed by atoms with van der Waals surface area (Å²) in [4.78, 5) is 16.7. The lowest BCUT2D eigenvalue weighted by Gasteiger charge is -2.47. The van der Waals surface area contributed by atoms with Crippen LogP contribution in [0.5, 0.6) is 0 Å². The Labute approximate surface area is 128 Å². The van der Waals surface area contributed by atoms with Gasteiger partial charge in [-0.2, -0.15) is 0 Å². The monoisotopic (exact) mass is 294 g/mol. The van der Waals surface area contributed by atoms with Crippen molar-refractivity contribution in [2.45, 2.75) is 51.5 Å². The molecule has 4 heteroatoms. The van der Waals surface area contributed by atoms with E-state index in [4.69, 9.17) is 5.11 Å². The van der Waals surface area contributed by atoms with Gasteiger partial charge < -0.3 is 10.0 Å². The maximum absolute atomic E-state index is 12.1. The van der Waals surface area contributed by atoms with Crippen LogP contribution in [0.4, 0.5) is 0 Å². The van der Waals surface area contributed by atoms with Gasteiger partial charge in [0.25, 0.3) is 0 Å². The highest BCUT2D eigenvalue weighted by molar-refractivity contribution is 5.77. The van der Waals surface area contributed by atoms with Crippen molar-refractivity contribution in [1.82, 2.24) is 9.80 Å². The molecule has 120 valence electrons. The molecule has 0 spiro atoms. The maximum atomic E-state index is 12.1. The van der Waals surface area contributed by atoms with Crippen LogP contribution in [0.1, 0.15) is 45.4 Å². The first kappa shape index (κ1) is 16.5. The van der Waals surface area contributed by atoms with Crippen LogP contribution >= 0.6 is 0 Å². The molecule has 1 N–H and O–H groups in total. The Morgan fingerprint density at radius 1 is 1.33 bits per heavy atom. The first-order chi connectivity index (χ1) is 10.3. The van der Waals surface area contributed by atoms with Crippen molar-refractivity contribution >= 4 is 5.91 Å². The third-order valence-electron chi connectivity index (χ3n) is 4.77. The van der Waals surface area contributed by atoms with Crippen LogP contribution in [0.15, 0.2) is 12.2 Å². The van der Waals surface area contributed by atoms with Gasteiger partial charge in [0.1, 0.15) is 0 Å². The molecule has 0 aromatic carbocycles. The van der Waals surface area contributed by atoms with E-state index >= 15 is 0 Å². The molecule has 0 radical (unpaired) electrons. The number of piperidine rings is 2. The van der Waals surface area contributed by atoms with Gasteiger partial charge in [-0.1, -0.05) is 25.5 Å². The second-order valence-corrected chi connectivity index (χ2v) is 6.34. The molecule has 2 aliphatic rings. The van der Waals surface area contributed by atoms with E-state index in [1.54, 1.807) is 0 Å². The minimum atomic E-state index is 0.176. The first-order valence-corrected chi connectivity index (χ1v) is 8.54. The van der Waals surface area contributed by atoms with Crippen LogP contribution in [-0.2, 0) is 4.79 Å². The van der Waals surface area contributed by atoms with Crippen LogP contribution in [0.3, 0.4) is 0 Å². The number of likely N-dealkylation sites (tertiary alicyclic amines) is 2. The number of allylic oxidation sites excluding steroid dienone is 1. The van der Waals surface area contributed by atoms with Crippen LogP contribution in [0.2, 0.25) is 0 Å². The summed E-state index contributed by atoms with van der Waals surface area (Å²) in [5.74, 6) is 0.913. The van der Waals surface area contributed by atoms with E-state index in [0.29, 0.717) is 30.7 Å². The Bertz CT molecular complexity index is 357. The van der Waals surface area contributed by atoms with Gasteiger partial charge in [-0.25, -0.2) is 0 Å². The van der Waals surface area contributed by atoms with Crippen molar-refractivity contribution in [3.63, 3.8) is 0 Å². The van der Waals surface area contributed by atoms with Gasteiger partial charge in [-0.3, -0.25) is 9.69 Å². The summed E-state index contributed by atoms with van der Waals surface area (Å²) in [7, 11) is 0. The minimum absolute atomic E-state index is 0.176. The zero-order valence-electron chi connectivity index (χ0n) is 13.3. The Balaban J connectivity index is 1.85. The highest BCUT2D eigenvalue weighted by Gasteiger charge is 2.38.